The first-order valence-corrected chi connectivity index (χ1v) is 9.29. The maximum absolute atomic E-state index is 13.0. The van der Waals surface area contributed by atoms with Gasteiger partial charge < -0.3 is 20.1 Å². The minimum Gasteiger partial charge on any atom is -0.454 e. The molecule has 6 nitrogen and oxygen atoms in total. The van der Waals surface area contributed by atoms with E-state index in [0.29, 0.717) is 29.2 Å². The summed E-state index contributed by atoms with van der Waals surface area (Å²) >= 11 is 0. The van der Waals surface area contributed by atoms with Gasteiger partial charge in [-0.15, -0.1) is 0 Å². The number of hydrogen-bond acceptors (Lipinski definition) is 4. The van der Waals surface area contributed by atoms with Gasteiger partial charge in [0.2, 0.25) is 12.7 Å². The van der Waals surface area contributed by atoms with Crippen LogP contribution in [0, 0.1) is 0 Å². The van der Waals surface area contributed by atoms with Crippen molar-refractivity contribution in [3.05, 3.63) is 90.0 Å². The number of amides is 2. The van der Waals surface area contributed by atoms with Crippen molar-refractivity contribution in [1.82, 2.24) is 5.32 Å². The van der Waals surface area contributed by atoms with Crippen LogP contribution >= 0.6 is 0 Å². The van der Waals surface area contributed by atoms with Crippen LogP contribution in [0.5, 0.6) is 11.5 Å². The van der Waals surface area contributed by atoms with Crippen LogP contribution in [0.25, 0.3) is 0 Å². The number of carbonyl (C=O) groups is 2. The van der Waals surface area contributed by atoms with E-state index in [4.69, 9.17) is 9.47 Å². The van der Waals surface area contributed by atoms with Crippen LogP contribution in [-0.4, -0.2) is 24.6 Å². The number of hydrogen-bond donors (Lipinski definition) is 2. The van der Waals surface area contributed by atoms with Crippen molar-refractivity contribution >= 4 is 17.5 Å². The van der Waals surface area contributed by atoms with Crippen LogP contribution in [0.3, 0.4) is 0 Å². The van der Waals surface area contributed by atoms with E-state index in [1.807, 2.05) is 36.4 Å². The standard InChI is InChI=1S/C23H20N2O4/c26-22(17-9-5-2-6-10-17)25-19(13-16-7-3-1-4-8-16)23(27)24-18-11-12-20-21(14-18)29-15-28-20/h1-12,14,19H,13,15H2,(H,24,27)(H,25,26)/t19-/m0/s1. The van der Waals surface area contributed by atoms with Gasteiger partial charge in [0.1, 0.15) is 6.04 Å². The second-order valence-corrected chi connectivity index (χ2v) is 6.64. The lowest BCUT2D eigenvalue weighted by molar-refractivity contribution is -0.118. The van der Waals surface area contributed by atoms with E-state index in [0.717, 1.165) is 5.56 Å². The van der Waals surface area contributed by atoms with Crippen LogP contribution in [-0.2, 0) is 11.2 Å². The van der Waals surface area contributed by atoms with Crippen molar-refractivity contribution in [2.45, 2.75) is 12.5 Å². The summed E-state index contributed by atoms with van der Waals surface area (Å²) in [4.78, 5) is 25.6. The molecule has 0 saturated heterocycles. The Bertz CT molecular complexity index is 1010. The van der Waals surface area contributed by atoms with Gasteiger partial charge in [0, 0.05) is 23.7 Å². The summed E-state index contributed by atoms with van der Waals surface area (Å²) in [6.07, 6.45) is 0.371. The first-order valence-electron chi connectivity index (χ1n) is 9.29. The summed E-state index contributed by atoms with van der Waals surface area (Å²) in [5.74, 6) is 0.612. The number of carbonyl (C=O) groups excluding carboxylic acids is 2. The van der Waals surface area contributed by atoms with Gasteiger partial charge in [-0.3, -0.25) is 9.59 Å². The van der Waals surface area contributed by atoms with Crippen molar-refractivity contribution in [3.63, 3.8) is 0 Å². The molecule has 146 valence electrons. The maximum atomic E-state index is 13.0. The number of ether oxygens (including phenoxy) is 2. The average molecular weight is 388 g/mol. The van der Waals surface area contributed by atoms with Crippen molar-refractivity contribution in [2.75, 3.05) is 12.1 Å². The SMILES string of the molecule is O=C(N[C@@H](Cc1ccccc1)C(=O)Nc1ccc2c(c1)OCO2)c1ccccc1. The zero-order valence-electron chi connectivity index (χ0n) is 15.6. The Labute approximate surface area is 168 Å². The zero-order chi connectivity index (χ0) is 20.1. The molecule has 0 spiro atoms. The maximum Gasteiger partial charge on any atom is 0.251 e. The average Bonchev–Trinajstić information content (AvgIpc) is 3.22. The van der Waals surface area contributed by atoms with Gasteiger partial charge in [-0.25, -0.2) is 0 Å². The lowest BCUT2D eigenvalue weighted by atomic mass is 10.0. The lowest BCUT2D eigenvalue weighted by Crippen LogP contribution is -2.45. The topological polar surface area (TPSA) is 76.7 Å². The molecule has 2 N–H and O–H groups in total. The molecule has 0 bridgehead atoms. The molecule has 0 saturated carbocycles. The van der Waals surface area contributed by atoms with Gasteiger partial charge in [0.15, 0.2) is 11.5 Å². The molecule has 1 aliphatic rings. The van der Waals surface area contributed by atoms with E-state index in [9.17, 15) is 9.59 Å². The summed E-state index contributed by atoms with van der Waals surface area (Å²) in [5, 5.41) is 5.71. The minimum absolute atomic E-state index is 0.163. The molecule has 3 aromatic carbocycles. The third kappa shape index (κ3) is 4.55. The van der Waals surface area contributed by atoms with Crippen molar-refractivity contribution in [3.8, 4) is 11.5 Å². The molecule has 0 aromatic heterocycles. The molecule has 1 aliphatic heterocycles. The first kappa shape index (κ1) is 18.6. The Morgan fingerprint density at radius 2 is 1.55 bits per heavy atom. The quantitative estimate of drug-likeness (QED) is 0.679. The second kappa shape index (κ2) is 8.48. The highest BCUT2D eigenvalue weighted by molar-refractivity contribution is 6.01. The summed E-state index contributed by atoms with van der Waals surface area (Å²) in [7, 11) is 0. The molecule has 1 heterocycles. The molecule has 0 fully saturated rings. The van der Waals surface area contributed by atoms with Crippen LogP contribution in [0.1, 0.15) is 15.9 Å². The van der Waals surface area contributed by atoms with E-state index in [-0.39, 0.29) is 18.6 Å². The van der Waals surface area contributed by atoms with Gasteiger partial charge in [0.25, 0.3) is 5.91 Å². The number of nitrogens with one attached hydrogen (secondary N) is 2. The Hall–Kier alpha value is -3.80. The summed E-state index contributed by atoms with van der Waals surface area (Å²) < 4.78 is 10.7. The molecule has 6 heteroatoms. The number of fused-ring (bicyclic) bond motifs is 1. The minimum atomic E-state index is -0.740. The predicted molar refractivity (Wildman–Crippen MR) is 109 cm³/mol. The monoisotopic (exact) mass is 388 g/mol. The first-order chi connectivity index (χ1) is 14.2. The molecule has 3 aromatic rings. The van der Waals surface area contributed by atoms with Gasteiger partial charge in [-0.2, -0.15) is 0 Å². The second-order valence-electron chi connectivity index (χ2n) is 6.64. The van der Waals surface area contributed by atoms with Gasteiger partial charge in [-0.1, -0.05) is 48.5 Å². The number of anilines is 1. The van der Waals surface area contributed by atoms with Crippen LogP contribution in [0.2, 0.25) is 0 Å². The van der Waals surface area contributed by atoms with Crippen LogP contribution < -0.4 is 20.1 Å². The van der Waals surface area contributed by atoms with E-state index < -0.39 is 6.04 Å². The third-order valence-corrected chi connectivity index (χ3v) is 4.58. The fourth-order valence-electron chi connectivity index (χ4n) is 3.09. The van der Waals surface area contributed by atoms with Gasteiger partial charge in [0.05, 0.1) is 0 Å². The van der Waals surface area contributed by atoms with Crippen LogP contribution in [0.15, 0.2) is 78.9 Å². The van der Waals surface area contributed by atoms with E-state index in [1.54, 1.807) is 42.5 Å². The molecular formula is C23H20N2O4. The highest BCUT2D eigenvalue weighted by Gasteiger charge is 2.23. The normalized spacial score (nSPS) is 12.8. The molecule has 0 aliphatic carbocycles. The Morgan fingerprint density at radius 1 is 0.862 bits per heavy atom. The number of rotatable bonds is 6. The molecular weight excluding hydrogens is 368 g/mol. The Balaban J connectivity index is 1.52. The van der Waals surface area contributed by atoms with E-state index >= 15 is 0 Å². The predicted octanol–water partition coefficient (Wildman–Crippen LogP) is 3.40. The zero-order valence-corrected chi connectivity index (χ0v) is 15.6. The van der Waals surface area contributed by atoms with Crippen molar-refractivity contribution in [2.24, 2.45) is 0 Å². The molecule has 1 atom stereocenters. The smallest absolute Gasteiger partial charge is 0.251 e. The van der Waals surface area contributed by atoms with Crippen molar-refractivity contribution < 1.29 is 19.1 Å². The summed E-state index contributed by atoms with van der Waals surface area (Å²) in [5.41, 5.74) is 2.03. The Morgan fingerprint density at radius 3 is 2.31 bits per heavy atom. The highest BCUT2D eigenvalue weighted by Crippen LogP contribution is 2.34. The lowest BCUT2D eigenvalue weighted by Gasteiger charge is -2.19. The van der Waals surface area contributed by atoms with E-state index in [2.05, 4.69) is 10.6 Å². The summed E-state index contributed by atoms with van der Waals surface area (Å²) in [6.45, 7) is 0.163. The van der Waals surface area contributed by atoms with Gasteiger partial charge in [-0.05, 0) is 29.8 Å². The van der Waals surface area contributed by atoms with Crippen LogP contribution in [0.4, 0.5) is 5.69 Å². The molecule has 0 unspecified atom stereocenters. The fourth-order valence-corrected chi connectivity index (χ4v) is 3.09. The fraction of sp³-hybridized carbons (Fsp3) is 0.130. The molecule has 2 amide bonds. The molecule has 29 heavy (non-hydrogen) atoms. The number of benzene rings is 3. The Kier molecular flexibility index (Phi) is 5.42. The van der Waals surface area contributed by atoms with E-state index in [1.165, 1.54) is 0 Å². The van der Waals surface area contributed by atoms with Crippen molar-refractivity contribution in [1.29, 1.82) is 0 Å². The highest BCUT2D eigenvalue weighted by atomic mass is 16.7. The molecule has 0 radical (unpaired) electrons. The third-order valence-electron chi connectivity index (χ3n) is 4.58. The largest absolute Gasteiger partial charge is 0.454 e. The summed E-state index contributed by atoms with van der Waals surface area (Å²) in [6, 6.07) is 22.9. The van der Waals surface area contributed by atoms with Gasteiger partial charge >= 0.3 is 0 Å². The molecule has 4 rings (SSSR count).